The molecule has 118 valence electrons. The molecule has 0 saturated carbocycles. The predicted molar refractivity (Wildman–Crippen MR) is 75.8 cm³/mol. The van der Waals surface area contributed by atoms with Crippen LogP contribution in [0.4, 0.5) is 4.79 Å². The Morgan fingerprint density at radius 2 is 1.86 bits per heavy atom. The summed E-state index contributed by atoms with van der Waals surface area (Å²) in [4.78, 5) is 38.2. The van der Waals surface area contributed by atoms with Crippen LogP contribution in [0.25, 0.3) is 0 Å². The van der Waals surface area contributed by atoms with Gasteiger partial charge in [0, 0.05) is 32.6 Å². The van der Waals surface area contributed by atoms with E-state index in [9.17, 15) is 19.5 Å². The van der Waals surface area contributed by atoms with Crippen LogP contribution in [0.15, 0.2) is 0 Å². The van der Waals surface area contributed by atoms with E-state index in [0.29, 0.717) is 26.1 Å². The average Bonchev–Trinajstić information content (AvgIpc) is 2.73. The molecule has 0 aromatic heterocycles. The number of urea groups is 1. The molecule has 2 unspecified atom stereocenters. The van der Waals surface area contributed by atoms with E-state index >= 15 is 0 Å². The van der Waals surface area contributed by atoms with Crippen molar-refractivity contribution in [2.75, 3.05) is 19.6 Å². The van der Waals surface area contributed by atoms with Crippen LogP contribution in [-0.2, 0) is 9.59 Å². The average molecular weight is 297 g/mol. The van der Waals surface area contributed by atoms with Crippen LogP contribution in [-0.4, -0.2) is 64.5 Å². The Hall–Kier alpha value is -1.79. The van der Waals surface area contributed by atoms with E-state index in [1.807, 2.05) is 0 Å². The number of nitrogens with one attached hydrogen (secondary N) is 1. The minimum absolute atomic E-state index is 0.0262. The predicted octanol–water partition coefficient (Wildman–Crippen LogP) is 0.646. The quantitative estimate of drug-likeness (QED) is 0.783. The van der Waals surface area contributed by atoms with Crippen LogP contribution >= 0.6 is 0 Å². The number of hydrogen-bond donors (Lipinski definition) is 2. The smallest absolute Gasteiger partial charge is 0.326 e. The van der Waals surface area contributed by atoms with Gasteiger partial charge in [-0.15, -0.1) is 0 Å². The summed E-state index contributed by atoms with van der Waals surface area (Å²) in [6.45, 7) is 2.98. The maximum atomic E-state index is 12.6. The molecule has 0 bridgehead atoms. The molecule has 0 aliphatic carbocycles. The zero-order chi connectivity index (χ0) is 15.4. The summed E-state index contributed by atoms with van der Waals surface area (Å²) in [5.74, 6) is -1.03. The summed E-state index contributed by atoms with van der Waals surface area (Å²) in [7, 11) is 0. The van der Waals surface area contributed by atoms with Crippen LogP contribution in [0.1, 0.15) is 39.0 Å². The van der Waals surface area contributed by atoms with Crippen molar-refractivity contribution in [1.82, 2.24) is 15.1 Å². The van der Waals surface area contributed by atoms with Gasteiger partial charge in [0.25, 0.3) is 0 Å². The second-order valence-corrected chi connectivity index (χ2v) is 5.81. The first-order valence-corrected chi connectivity index (χ1v) is 7.54. The second kappa shape index (κ2) is 6.78. The van der Waals surface area contributed by atoms with E-state index < -0.39 is 12.0 Å². The zero-order valence-electron chi connectivity index (χ0n) is 12.4. The van der Waals surface area contributed by atoms with Gasteiger partial charge < -0.3 is 20.2 Å². The highest BCUT2D eigenvalue weighted by Gasteiger charge is 2.36. The number of aliphatic carboxylic acids is 1. The summed E-state index contributed by atoms with van der Waals surface area (Å²) < 4.78 is 0. The van der Waals surface area contributed by atoms with Crippen molar-refractivity contribution in [2.45, 2.75) is 51.1 Å². The van der Waals surface area contributed by atoms with Crippen molar-refractivity contribution >= 4 is 17.9 Å². The topological polar surface area (TPSA) is 90.0 Å². The summed E-state index contributed by atoms with van der Waals surface area (Å²) >= 11 is 0. The van der Waals surface area contributed by atoms with Crippen LogP contribution in [0.2, 0.25) is 0 Å². The lowest BCUT2D eigenvalue weighted by atomic mass is 10.1. The van der Waals surface area contributed by atoms with Crippen LogP contribution < -0.4 is 5.32 Å². The highest BCUT2D eigenvalue weighted by Crippen LogP contribution is 2.20. The van der Waals surface area contributed by atoms with Crippen molar-refractivity contribution in [3.63, 3.8) is 0 Å². The van der Waals surface area contributed by atoms with E-state index in [1.54, 1.807) is 4.90 Å². The van der Waals surface area contributed by atoms with Crippen LogP contribution in [0, 0.1) is 0 Å². The van der Waals surface area contributed by atoms with Crippen LogP contribution in [0.3, 0.4) is 0 Å². The zero-order valence-corrected chi connectivity index (χ0v) is 12.4. The van der Waals surface area contributed by atoms with Gasteiger partial charge in [0.2, 0.25) is 5.91 Å². The number of likely N-dealkylation sites (tertiary alicyclic amines) is 2. The Labute approximate surface area is 124 Å². The lowest BCUT2D eigenvalue weighted by molar-refractivity contribution is -0.142. The number of carboxylic acids is 1. The summed E-state index contributed by atoms with van der Waals surface area (Å²) in [5.41, 5.74) is 0. The Balaban J connectivity index is 2.00. The van der Waals surface area contributed by atoms with Gasteiger partial charge in [0.15, 0.2) is 0 Å². The van der Waals surface area contributed by atoms with Crippen molar-refractivity contribution in [2.24, 2.45) is 0 Å². The standard InChI is InChI=1S/C14H23N3O4/c1-10(18)15-11-6-8-16(9-11)14(21)17-7-4-2-3-5-12(17)13(19)20/h11-12H,2-9H2,1H3,(H,15,18)(H,19,20). The Morgan fingerprint density at radius 1 is 1.10 bits per heavy atom. The first kappa shape index (κ1) is 15.6. The molecule has 2 aliphatic heterocycles. The Kier molecular flexibility index (Phi) is 5.03. The molecular formula is C14H23N3O4. The van der Waals surface area contributed by atoms with Crippen molar-refractivity contribution < 1.29 is 19.5 Å². The molecule has 2 aliphatic rings. The SMILES string of the molecule is CC(=O)NC1CCN(C(=O)N2CCCCCC2C(=O)O)C1. The van der Waals surface area contributed by atoms with E-state index in [0.717, 1.165) is 25.7 Å². The molecule has 7 heteroatoms. The molecule has 0 spiro atoms. The lowest BCUT2D eigenvalue weighted by Crippen LogP contribution is -2.50. The summed E-state index contributed by atoms with van der Waals surface area (Å²) in [6.07, 6.45) is 3.89. The number of carboxylic acid groups (broad SMARTS) is 1. The normalized spacial score (nSPS) is 26.3. The van der Waals surface area contributed by atoms with Gasteiger partial charge in [-0.3, -0.25) is 4.79 Å². The third kappa shape index (κ3) is 3.86. The summed E-state index contributed by atoms with van der Waals surface area (Å²) in [5, 5.41) is 12.1. The largest absolute Gasteiger partial charge is 0.480 e. The van der Waals surface area contributed by atoms with Crippen molar-refractivity contribution in [3.8, 4) is 0 Å². The van der Waals surface area contributed by atoms with E-state index in [4.69, 9.17) is 0 Å². The first-order chi connectivity index (χ1) is 9.99. The monoisotopic (exact) mass is 297 g/mol. The molecule has 0 aromatic carbocycles. The molecule has 2 rings (SSSR count). The number of carbonyl (C=O) groups excluding carboxylic acids is 2. The van der Waals surface area contributed by atoms with Gasteiger partial charge in [-0.2, -0.15) is 0 Å². The highest BCUT2D eigenvalue weighted by molar-refractivity contribution is 5.83. The van der Waals surface area contributed by atoms with Gasteiger partial charge >= 0.3 is 12.0 Å². The molecule has 2 atom stereocenters. The van der Waals surface area contributed by atoms with Gasteiger partial charge in [0.05, 0.1) is 0 Å². The fourth-order valence-electron chi connectivity index (χ4n) is 3.11. The molecular weight excluding hydrogens is 274 g/mol. The second-order valence-electron chi connectivity index (χ2n) is 5.81. The molecule has 2 N–H and O–H groups in total. The van der Waals surface area contributed by atoms with E-state index in [2.05, 4.69) is 5.32 Å². The summed E-state index contributed by atoms with van der Waals surface area (Å²) in [6, 6.07) is -0.960. The van der Waals surface area contributed by atoms with Crippen molar-refractivity contribution in [3.05, 3.63) is 0 Å². The lowest BCUT2D eigenvalue weighted by Gasteiger charge is -2.31. The molecule has 0 aromatic rings. The minimum atomic E-state index is -0.928. The van der Waals surface area contributed by atoms with Gasteiger partial charge in [-0.25, -0.2) is 9.59 Å². The number of hydrogen-bond acceptors (Lipinski definition) is 3. The molecule has 2 fully saturated rings. The minimum Gasteiger partial charge on any atom is -0.480 e. The van der Waals surface area contributed by atoms with E-state index in [1.165, 1.54) is 11.8 Å². The number of nitrogens with zero attached hydrogens (tertiary/aromatic N) is 2. The molecule has 21 heavy (non-hydrogen) atoms. The van der Waals surface area contributed by atoms with Gasteiger partial charge in [-0.1, -0.05) is 12.8 Å². The molecule has 0 radical (unpaired) electrons. The third-order valence-corrected chi connectivity index (χ3v) is 4.15. The number of rotatable bonds is 2. The molecule has 2 heterocycles. The molecule has 2 saturated heterocycles. The van der Waals surface area contributed by atoms with E-state index in [-0.39, 0.29) is 18.0 Å². The maximum absolute atomic E-state index is 12.6. The fourth-order valence-corrected chi connectivity index (χ4v) is 3.11. The van der Waals surface area contributed by atoms with Gasteiger partial charge in [0.1, 0.15) is 6.04 Å². The van der Waals surface area contributed by atoms with Crippen molar-refractivity contribution in [1.29, 1.82) is 0 Å². The molecule has 3 amide bonds. The number of amides is 3. The third-order valence-electron chi connectivity index (χ3n) is 4.15. The Bertz CT molecular complexity index is 426. The number of carbonyl (C=O) groups is 3. The molecule has 7 nitrogen and oxygen atoms in total. The Morgan fingerprint density at radius 3 is 2.52 bits per heavy atom. The fraction of sp³-hybridized carbons (Fsp3) is 0.786. The van der Waals surface area contributed by atoms with Gasteiger partial charge in [-0.05, 0) is 19.3 Å². The van der Waals surface area contributed by atoms with Crippen LogP contribution in [0.5, 0.6) is 0 Å². The maximum Gasteiger partial charge on any atom is 0.326 e. The first-order valence-electron chi connectivity index (χ1n) is 7.54. The highest BCUT2D eigenvalue weighted by atomic mass is 16.4.